The molecule has 44 heavy (non-hydrogen) atoms. The van der Waals surface area contributed by atoms with Crippen LogP contribution >= 0.6 is 11.3 Å². The van der Waals surface area contributed by atoms with E-state index in [0.717, 1.165) is 33.6 Å². The van der Waals surface area contributed by atoms with E-state index in [4.69, 9.17) is 14.6 Å². The van der Waals surface area contributed by atoms with Gasteiger partial charge < -0.3 is 14.6 Å². The molecule has 3 heterocycles. The number of rotatable bonds is 3. The summed E-state index contributed by atoms with van der Waals surface area (Å²) in [5, 5.41) is 0.656. The van der Waals surface area contributed by atoms with E-state index in [0.29, 0.717) is 22.9 Å². The first-order chi connectivity index (χ1) is 21.2. The summed E-state index contributed by atoms with van der Waals surface area (Å²) in [5.41, 5.74) is 14.3. The topological polar surface area (TPSA) is 91.0 Å². The minimum absolute atomic E-state index is 0.482. The third-order valence-corrected chi connectivity index (χ3v) is 7.22. The normalized spacial score (nSPS) is 10.2. The van der Waals surface area contributed by atoms with Crippen LogP contribution in [0.1, 0.15) is 123 Å². The van der Waals surface area contributed by atoms with Crippen molar-refractivity contribution >= 4 is 48.9 Å². The third kappa shape index (κ3) is 10.2. The molecular weight excluding hydrogens is 565 g/mol. The smallest absolute Gasteiger partial charge is 0.192 e. The van der Waals surface area contributed by atoms with Crippen molar-refractivity contribution in [1.82, 2.24) is 15.0 Å². The van der Waals surface area contributed by atoms with E-state index in [2.05, 4.69) is 74.7 Å². The van der Waals surface area contributed by atoms with Gasteiger partial charge in [0.05, 0.1) is 10.2 Å². The van der Waals surface area contributed by atoms with Gasteiger partial charge in [-0.25, -0.2) is 15.0 Å². The first kappa shape index (κ1) is 38.3. The van der Waals surface area contributed by atoms with Crippen LogP contribution in [0.25, 0.3) is 32.4 Å². The maximum absolute atomic E-state index is 5.67. The Morgan fingerprint density at radius 3 is 1.64 bits per heavy atom. The molecule has 0 aliphatic heterocycles. The summed E-state index contributed by atoms with van der Waals surface area (Å²) >= 11 is 1.57. The maximum atomic E-state index is 5.67. The number of aromatic nitrogens is 3. The molecule has 0 aliphatic rings. The number of nitrogens with zero attached hydrogens (tertiary/aromatic N) is 3. The van der Waals surface area contributed by atoms with Crippen LogP contribution in [0, 0.1) is 6.92 Å². The summed E-state index contributed by atoms with van der Waals surface area (Å²) in [6.45, 7) is 26.9. The lowest BCUT2D eigenvalue weighted by Crippen LogP contribution is -1.86. The highest BCUT2D eigenvalue weighted by Crippen LogP contribution is 2.31. The monoisotopic (exact) mass is 618 g/mol. The van der Waals surface area contributed by atoms with Crippen molar-refractivity contribution in [2.75, 3.05) is 5.73 Å². The van der Waals surface area contributed by atoms with Crippen molar-refractivity contribution in [2.45, 2.75) is 108 Å². The van der Waals surface area contributed by atoms with Crippen LogP contribution in [0.15, 0.2) is 69.8 Å². The van der Waals surface area contributed by atoms with Crippen LogP contribution in [-0.4, -0.2) is 15.0 Å². The predicted molar refractivity (Wildman–Crippen MR) is 193 cm³/mol. The van der Waals surface area contributed by atoms with Gasteiger partial charge in [0.25, 0.3) is 0 Å². The quantitative estimate of drug-likeness (QED) is 0.212. The van der Waals surface area contributed by atoms with Gasteiger partial charge >= 0.3 is 0 Å². The molecule has 240 valence electrons. The third-order valence-electron chi connectivity index (χ3n) is 6.27. The van der Waals surface area contributed by atoms with Crippen molar-refractivity contribution in [3.63, 3.8) is 0 Å². The molecule has 3 aromatic heterocycles. The zero-order chi connectivity index (χ0) is 33.4. The van der Waals surface area contributed by atoms with E-state index in [1.54, 1.807) is 11.3 Å². The Hall–Kier alpha value is -3.71. The van der Waals surface area contributed by atoms with Crippen molar-refractivity contribution in [3.8, 4) is 0 Å². The standard InChI is InChI=1S/C11H13NO.C10H12N2S.C10H11NO.3C2H6/c1-7(2)9-5-4-6-10-11(9)13-8(3)12-10;1-6(2)7-4-3-5-8-9(7)13-10(11)12-8;1-7(2)8-4-3-5-9-10(8)12-6-11-9;3*1-2/h4-7H,1-3H3;3-6H,1-2H3,(H2,11,12);3-7H,1-2H3;3*1-2H3. The molecule has 2 N–H and O–H groups in total. The number of hydrogen-bond acceptors (Lipinski definition) is 7. The highest BCUT2D eigenvalue weighted by atomic mass is 32.1. The van der Waals surface area contributed by atoms with Gasteiger partial charge in [0.15, 0.2) is 28.6 Å². The van der Waals surface area contributed by atoms with Gasteiger partial charge in [-0.3, -0.25) is 0 Å². The molecule has 0 saturated carbocycles. The van der Waals surface area contributed by atoms with Crippen LogP contribution in [-0.2, 0) is 0 Å². The summed E-state index contributed by atoms with van der Waals surface area (Å²) in [6.07, 6.45) is 1.50. The SMILES string of the molecule is CC.CC.CC.CC(C)c1cccc2nc(N)sc12.CC(C)c1cccc2ncoc12.Cc1nc2cccc(C(C)C)c2o1. The molecule has 0 fully saturated rings. The lowest BCUT2D eigenvalue weighted by atomic mass is 10.0. The summed E-state index contributed by atoms with van der Waals surface area (Å²) in [7, 11) is 0. The number of para-hydroxylation sites is 2. The van der Waals surface area contributed by atoms with E-state index >= 15 is 0 Å². The summed E-state index contributed by atoms with van der Waals surface area (Å²) < 4.78 is 12.1. The van der Waals surface area contributed by atoms with Gasteiger partial charge in [-0.2, -0.15) is 0 Å². The molecule has 6 aromatic rings. The minimum atomic E-state index is 0.482. The van der Waals surface area contributed by atoms with Gasteiger partial charge in [0.1, 0.15) is 11.0 Å². The Labute approximate surface area is 269 Å². The average Bonchev–Trinajstić information content (AvgIpc) is 3.76. The molecular formula is C37H54N4O2S. The van der Waals surface area contributed by atoms with Crippen LogP contribution in [0.5, 0.6) is 0 Å². The molecule has 0 saturated heterocycles. The highest BCUT2D eigenvalue weighted by molar-refractivity contribution is 7.22. The van der Waals surface area contributed by atoms with E-state index < -0.39 is 0 Å². The van der Waals surface area contributed by atoms with Crippen molar-refractivity contribution in [3.05, 3.63) is 83.6 Å². The second kappa shape index (κ2) is 19.5. The van der Waals surface area contributed by atoms with Crippen LogP contribution in [0.2, 0.25) is 0 Å². The van der Waals surface area contributed by atoms with Crippen molar-refractivity contribution in [1.29, 1.82) is 0 Å². The number of fused-ring (bicyclic) bond motifs is 3. The molecule has 0 atom stereocenters. The van der Waals surface area contributed by atoms with Gasteiger partial charge in [-0.1, -0.05) is 131 Å². The average molecular weight is 619 g/mol. The molecule has 6 nitrogen and oxygen atoms in total. The number of nitrogens with two attached hydrogens (primary N) is 1. The molecule has 0 unspecified atom stereocenters. The summed E-state index contributed by atoms with van der Waals surface area (Å²) in [4.78, 5) is 12.6. The molecule has 0 bridgehead atoms. The molecule has 0 radical (unpaired) electrons. The Morgan fingerprint density at radius 2 is 1.09 bits per heavy atom. The minimum Gasteiger partial charge on any atom is -0.443 e. The Morgan fingerprint density at radius 1 is 0.614 bits per heavy atom. The van der Waals surface area contributed by atoms with Gasteiger partial charge in [0.2, 0.25) is 0 Å². The molecule has 6 rings (SSSR count). The molecule has 0 amide bonds. The fraction of sp³-hybridized carbons (Fsp3) is 0.432. The number of thiazole rings is 1. The Bertz CT molecular complexity index is 1560. The Balaban J connectivity index is 0.000000304. The second-order valence-electron chi connectivity index (χ2n) is 10.2. The summed E-state index contributed by atoms with van der Waals surface area (Å²) in [5.74, 6) is 2.24. The lowest BCUT2D eigenvalue weighted by molar-refractivity contribution is 0.555. The first-order valence-corrected chi connectivity index (χ1v) is 16.8. The molecule has 0 spiro atoms. The van der Waals surface area contributed by atoms with E-state index in [1.165, 1.54) is 27.8 Å². The maximum Gasteiger partial charge on any atom is 0.192 e. The largest absolute Gasteiger partial charge is 0.443 e. The zero-order valence-electron chi connectivity index (χ0n) is 29.1. The van der Waals surface area contributed by atoms with Crippen molar-refractivity contribution < 1.29 is 8.83 Å². The second-order valence-corrected chi connectivity index (χ2v) is 11.2. The summed E-state index contributed by atoms with van der Waals surface area (Å²) in [6, 6.07) is 18.4. The van der Waals surface area contributed by atoms with Crippen LogP contribution in [0.3, 0.4) is 0 Å². The highest BCUT2D eigenvalue weighted by Gasteiger charge is 2.10. The fourth-order valence-corrected chi connectivity index (χ4v) is 5.33. The number of oxazole rings is 2. The van der Waals surface area contributed by atoms with E-state index in [9.17, 15) is 0 Å². The van der Waals surface area contributed by atoms with Gasteiger partial charge in [0, 0.05) is 6.92 Å². The molecule has 0 aliphatic carbocycles. The van der Waals surface area contributed by atoms with Crippen molar-refractivity contribution in [2.24, 2.45) is 0 Å². The molecule has 3 aromatic carbocycles. The number of aryl methyl sites for hydroxylation is 1. The lowest BCUT2D eigenvalue weighted by Gasteiger charge is -2.04. The van der Waals surface area contributed by atoms with E-state index in [-0.39, 0.29) is 0 Å². The number of nitrogen functional groups attached to an aromatic ring is 1. The zero-order valence-corrected chi connectivity index (χ0v) is 30.0. The van der Waals surface area contributed by atoms with Crippen LogP contribution < -0.4 is 5.73 Å². The van der Waals surface area contributed by atoms with Crippen LogP contribution in [0.4, 0.5) is 5.13 Å². The molecule has 7 heteroatoms. The fourth-order valence-electron chi connectivity index (χ4n) is 4.34. The number of anilines is 1. The van der Waals surface area contributed by atoms with Gasteiger partial charge in [-0.05, 0) is 52.6 Å². The van der Waals surface area contributed by atoms with Gasteiger partial charge in [-0.15, -0.1) is 0 Å². The number of benzene rings is 3. The predicted octanol–water partition coefficient (Wildman–Crippen LogP) is 12.3. The number of hydrogen-bond donors (Lipinski definition) is 1. The van der Waals surface area contributed by atoms with E-state index in [1.807, 2.05) is 84.9 Å². The first-order valence-electron chi connectivity index (χ1n) is 16.0. The Kier molecular flexibility index (Phi) is 17.0.